The van der Waals surface area contributed by atoms with Crippen molar-refractivity contribution in [3.63, 3.8) is 0 Å². The van der Waals surface area contributed by atoms with Gasteiger partial charge < -0.3 is 16.4 Å². The molecular weight excluding hydrogens is 238 g/mol. The van der Waals surface area contributed by atoms with Crippen molar-refractivity contribution in [2.75, 3.05) is 24.6 Å². The first kappa shape index (κ1) is 13.4. The Bertz CT molecular complexity index is 532. The number of hydrogen-bond donors (Lipinski definition) is 3. The number of hydrogen-bond acceptors (Lipinski definition) is 3. The van der Waals surface area contributed by atoms with Crippen LogP contribution in [0.4, 0.5) is 11.4 Å². The molecular formula is C14H22N5+. The average Bonchev–Trinajstić information content (AvgIpc) is 2.81. The van der Waals surface area contributed by atoms with Crippen LogP contribution in [0.25, 0.3) is 0 Å². The lowest BCUT2D eigenvalue weighted by atomic mass is 10.1. The van der Waals surface area contributed by atoms with Gasteiger partial charge in [0.05, 0.1) is 18.4 Å². The quantitative estimate of drug-likeness (QED) is 0.408. The SMILES string of the molecule is CNc1ccc(CNCCn2cc[n+](C)c2)cc1N. The Morgan fingerprint density at radius 1 is 1.37 bits per heavy atom. The summed E-state index contributed by atoms with van der Waals surface area (Å²) in [6.45, 7) is 2.73. The normalized spacial score (nSPS) is 10.6. The maximum Gasteiger partial charge on any atom is 0.243 e. The van der Waals surface area contributed by atoms with E-state index in [1.165, 1.54) is 5.56 Å². The topological polar surface area (TPSA) is 58.9 Å². The highest BCUT2D eigenvalue weighted by Crippen LogP contribution is 2.18. The minimum Gasteiger partial charge on any atom is -0.397 e. The zero-order valence-corrected chi connectivity index (χ0v) is 11.6. The molecule has 0 atom stereocenters. The molecule has 0 radical (unpaired) electrons. The molecule has 0 spiro atoms. The molecule has 0 saturated carbocycles. The van der Waals surface area contributed by atoms with Crippen molar-refractivity contribution in [1.29, 1.82) is 0 Å². The van der Waals surface area contributed by atoms with Gasteiger partial charge in [0.15, 0.2) is 0 Å². The molecule has 0 unspecified atom stereocenters. The number of aryl methyl sites for hydroxylation is 1. The molecule has 0 aliphatic heterocycles. The first-order chi connectivity index (χ1) is 9.19. The van der Waals surface area contributed by atoms with E-state index < -0.39 is 0 Å². The number of rotatable bonds is 6. The van der Waals surface area contributed by atoms with Crippen LogP contribution in [0.1, 0.15) is 5.56 Å². The summed E-state index contributed by atoms with van der Waals surface area (Å²) >= 11 is 0. The number of nitrogens with zero attached hydrogens (tertiary/aromatic N) is 2. The molecule has 4 N–H and O–H groups in total. The Morgan fingerprint density at radius 3 is 2.84 bits per heavy atom. The van der Waals surface area contributed by atoms with Crippen molar-refractivity contribution in [3.8, 4) is 0 Å². The van der Waals surface area contributed by atoms with Gasteiger partial charge in [-0.1, -0.05) is 6.07 Å². The van der Waals surface area contributed by atoms with E-state index >= 15 is 0 Å². The lowest BCUT2D eigenvalue weighted by Gasteiger charge is -2.08. The van der Waals surface area contributed by atoms with E-state index in [0.717, 1.165) is 31.0 Å². The average molecular weight is 260 g/mol. The van der Waals surface area contributed by atoms with Gasteiger partial charge in [-0.15, -0.1) is 0 Å². The lowest BCUT2D eigenvalue weighted by molar-refractivity contribution is -0.671. The highest BCUT2D eigenvalue weighted by molar-refractivity contribution is 5.66. The molecule has 19 heavy (non-hydrogen) atoms. The summed E-state index contributed by atoms with van der Waals surface area (Å²) in [4.78, 5) is 0. The molecule has 0 amide bonds. The minimum absolute atomic E-state index is 0.791. The van der Waals surface area contributed by atoms with Gasteiger partial charge in [-0.2, -0.15) is 0 Å². The summed E-state index contributed by atoms with van der Waals surface area (Å²) < 4.78 is 4.20. The van der Waals surface area contributed by atoms with E-state index in [1.807, 2.05) is 37.0 Å². The van der Waals surface area contributed by atoms with Gasteiger partial charge in [0.25, 0.3) is 0 Å². The second kappa shape index (κ2) is 6.24. The van der Waals surface area contributed by atoms with Crippen LogP contribution in [0, 0.1) is 0 Å². The third-order valence-corrected chi connectivity index (χ3v) is 3.08. The number of aromatic nitrogens is 2. The Hall–Kier alpha value is -2.01. The van der Waals surface area contributed by atoms with E-state index in [-0.39, 0.29) is 0 Å². The van der Waals surface area contributed by atoms with E-state index in [4.69, 9.17) is 5.73 Å². The molecule has 1 heterocycles. The van der Waals surface area contributed by atoms with E-state index in [1.54, 1.807) is 0 Å². The van der Waals surface area contributed by atoms with Crippen LogP contribution in [0.15, 0.2) is 36.9 Å². The van der Waals surface area contributed by atoms with Crippen LogP contribution >= 0.6 is 0 Å². The van der Waals surface area contributed by atoms with Crippen LogP contribution in [-0.4, -0.2) is 18.2 Å². The van der Waals surface area contributed by atoms with Crippen molar-refractivity contribution < 1.29 is 4.57 Å². The molecule has 1 aromatic heterocycles. The molecule has 0 aliphatic carbocycles. The number of benzene rings is 1. The van der Waals surface area contributed by atoms with E-state index in [9.17, 15) is 0 Å². The van der Waals surface area contributed by atoms with Crippen molar-refractivity contribution in [1.82, 2.24) is 9.88 Å². The van der Waals surface area contributed by atoms with Crippen molar-refractivity contribution in [2.24, 2.45) is 7.05 Å². The second-order valence-corrected chi connectivity index (χ2v) is 4.67. The van der Waals surface area contributed by atoms with Crippen LogP contribution in [-0.2, 0) is 20.1 Å². The van der Waals surface area contributed by atoms with Crippen molar-refractivity contribution >= 4 is 11.4 Å². The molecule has 0 aliphatic rings. The number of imidazole rings is 1. The summed E-state index contributed by atoms with van der Waals surface area (Å²) in [5.41, 5.74) is 8.90. The van der Waals surface area contributed by atoms with E-state index in [2.05, 4.69) is 33.8 Å². The van der Waals surface area contributed by atoms with Crippen LogP contribution in [0.3, 0.4) is 0 Å². The Kier molecular flexibility index (Phi) is 4.41. The largest absolute Gasteiger partial charge is 0.397 e. The number of nitrogens with two attached hydrogens (primary N) is 1. The monoisotopic (exact) mass is 260 g/mol. The van der Waals surface area contributed by atoms with E-state index in [0.29, 0.717) is 0 Å². The molecule has 0 saturated heterocycles. The highest BCUT2D eigenvalue weighted by atomic mass is 15.1. The third-order valence-electron chi connectivity index (χ3n) is 3.08. The predicted molar refractivity (Wildman–Crippen MR) is 77.7 cm³/mol. The fourth-order valence-electron chi connectivity index (χ4n) is 2.02. The zero-order chi connectivity index (χ0) is 13.7. The fraction of sp³-hybridized carbons (Fsp3) is 0.357. The Labute approximate surface area is 114 Å². The summed E-state index contributed by atoms with van der Waals surface area (Å²) in [5, 5.41) is 6.48. The molecule has 0 fully saturated rings. The smallest absolute Gasteiger partial charge is 0.243 e. The second-order valence-electron chi connectivity index (χ2n) is 4.67. The molecule has 2 aromatic rings. The molecule has 1 aromatic carbocycles. The molecule has 102 valence electrons. The number of nitrogen functional groups attached to an aromatic ring is 1. The van der Waals surface area contributed by atoms with Crippen LogP contribution < -0.4 is 20.9 Å². The maximum absolute atomic E-state index is 5.93. The summed E-state index contributed by atoms with van der Waals surface area (Å²) in [6.07, 6.45) is 6.18. The first-order valence-corrected chi connectivity index (χ1v) is 6.47. The summed E-state index contributed by atoms with van der Waals surface area (Å²) in [6, 6.07) is 6.11. The van der Waals surface area contributed by atoms with Crippen LogP contribution in [0.5, 0.6) is 0 Å². The molecule has 0 bridgehead atoms. The van der Waals surface area contributed by atoms with Gasteiger partial charge in [0.2, 0.25) is 6.33 Å². The minimum atomic E-state index is 0.791. The maximum atomic E-state index is 5.93. The zero-order valence-electron chi connectivity index (χ0n) is 11.6. The standard InChI is InChI=1S/C14H22N5/c1-16-14-4-3-12(9-13(14)15)10-17-5-6-19-8-7-18(2)11-19/h3-4,7-9,11,16-17H,5-6,10,15H2,1-2H3/q+1. The van der Waals surface area contributed by atoms with Gasteiger partial charge >= 0.3 is 0 Å². The number of nitrogens with one attached hydrogen (secondary N) is 2. The van der Waals surface area contributed by atoms with Crippen molar-refractivity contribution in [2.45, 2.75) is 13.1 Å². The van der Waals surface area contributed by atoms with Gasteiger partial charge in [-0.05, 0) is 17.7 Å². The fourth-order valence-corrected chi connectivity index (χ4v) is 2.02. The molecule has 5 nitrogen and oxygen atoms in total. The Morgan fingerprint density at radius 2 is 2.21 bits per heavy atom. The first-order valence-electron chi connectivity index (χ1n) is 6.47. The molecule has 5 heteroatoms. The van der Waals surface area contributed by atoms with Gasteiger partial charge in [-0.25, -0.2) is 9.13 Å². The van der Waals surface area contributed by atoms with Gasteiger partial charge in [0, 0.05) is 20.1 Å². The predicted octanol–water partition coefficient (Wildman–Crippen LogP) is 0.726. The summed E-state index contributed by atoms with van der Waals surface area (Å²) in [7, 11) is 3.90. The van der Waals surface area contributed by atoms with Crippen molar-refractivity contribution in [3.05, 3.63) is 42.5 Å². The molecule has 2 rings (SSSR count). The Balaban J connectivity index is 1.78. The summed E-state index contributed by atoms with van der Waals surface area (Å²) in [5.74, 6) is 0. The van der Waals surface area contributed by atoms with Gasteiger partial charge in [-0.3, -0.25) is 0 Å². The lowest BCUT2D eigenvalue weighted by Crippen LogP contribution is -2.25. The highest BCUT2D eigenvalue weighted by Gasteiger charge is 2.01. The third kappa shape index (κ3) is 3.72. The van der Waals surface area contributed by atoms with Crippen LogP contribution in [0.2, 0.25) is 0 Å². The van der Waals surface area contributed by atoms with Gasteiger partial charge in [0.1, 0.15) is 18.9 Å². The number of anilines is 2.